The van der Waals surface area contributed by atoms with Crippen LogP contribution in [0.2, 0.25) is 0 Å². The molecule has 1 N–H and O–H groups in total. The summed E-state index contributed by atoms with van der Waals surface area (Å²) in [7, 11) is 0. The highest BCUT2D eigenvalue weighted by molar-refractivity contribution is 8.26. The second-order valence-electron chi connectivity index (χ2n) is 6.57. The number of carbonyl (C=O) groups is 3. The van der Waals surface area contributed by atoms with E-state index in [2.05, 4.69) is 0 Å². The van der Waals surface area contributed by atoms with Gasteiger partial charge in [-0.1, -0.05) is 36.1 Å². The van der Waals surface area contributed by atoms with Gasteiger partial charge in [0.15, 0.2) is 0 Å². The van der Waals surface area contributed by atoms with Crippen LogP contribution in [0, 0.1) is 5.82 Å². The van der Waals surface area contributed by atoms with Gasteiger partial charge in [0.2, 0.25) is 5.91 Å². The van der Waals surface area contributed by atoms with Gasteiger partial charge in [-0.15, -0.1) is 0 Å². The van der Waals surface area contributed by atoms with Crippen LogP contribution in [0.3, 0.4) is 0 Å². The number of hydrogen-bond donors (Lipinski definition) is 1. The number of aliphatic carboxylic acids is 1. The van der Waals surface area contributed by atoms with E-state index in [-0.39, 0.29) is 30.6 Å². The number of amides is 2. The Bertz CT molecular complexity index is 841. The molecule has 2 aliphatic rings. The van der Waals surface area contributed by atoms with Gasteiger partial charge in [0.05, 0.1) is 4.91 Å². The first-order valence-corrected chi connectivity index (χ1v) is 10.1. The Labute approximate surface area is 171 Å². The summed E-state index contributed by atoms with van der Waals surface area (Å²) in [5.74, 6) is -1.95. The summed E-state index contributed by atoms with van der Waals surface area (Å²) >= 11 is 6.38. The van der Waals surface area contributed by atoms with Gasteiger partial charge < -0.3 is 10.0 Å². The number of likely N-dealkylation sites (tertiary alicyclic amines) is 1. The monoisotopic (exact) mass is 422 g/mol. The average Bonchev–Trinajstić information content (AvgIpc) is 2.94. The largest absolute Gasteiger partial charge is 0.480 e. The van der Waals surface area contributed by atoms with Crippen molar-refractivity contribution in [3.8, 4) is 0 Å². The number of carboxylic acids is 1. The average molecular weight is 423 g/mol. The Morgan fingerprint density at radius 2 is 2.00 bits per heavy atom. The van der Waals surface area contributed by atoms with E-state index in [0.29, 0.717) is 27.8 Å². The molecule has 1 aromatic rings. The standard InChI is InChI=1S/C19H19FN2O4S2/c20-13-6-4-12(5-7-13)11-15-17(24)22(19(27)28-15)10-8-16(23)21-9-2-1-3-14(21)18(25)26/h4-7,11,14H,1-3,8-10H2,(H,25,26)/b15-11+/t14-/m1/s1. The minimum absolute atomic E-state index is 0.0139. The third kappa shape index (κ3) is 4.59. The molecule has 2 amide bonds. The first-order chi connectivity index (χ1) is 13.4. The number of carboxylic acid groups (broad SMARTS) is 1. The molecule has 2 heterocycles. The number of piperidine rings is 1. The van der Waals surface area contributed by atoms with Gasteiger partial charge >= 0.3 is 5.97 Å². The van der Waals surface area contributed by atoms with Gasteiger partial charge in [0.1, 0.15) is 16.2 Å². The minimum atomic E-state index is -0.999. The van der Waals surface area contributed by atoms with E-state index in [0.717, 1.165) is 24.6 Å². The number of thiocarbonyl (C=S) groups is 1. The molecule has 6 nitrogen and oxygen atoms in total. The molecule has 2 aliphatic heterocycles. The van der Waals surface area contributed by atoms with Gasteiger partial charge in [0.25, 0.3) is 5.91 Å². The lowest BCUT2D eigenvalue weighted by molar-refractivity contribution is -0.152. The summed E-state index contributed by atoms with van der Waals surface area (Å²) in [4.78, 5) is 39.6. The van der Waals surface area contributed by atoms with Crippen molar-refractivity contribution in [1.29, 1.82) is 0 Å². The second-order valence-corrected chi connectivity index (χ2v) is 8.25. The fourth-order valence-electron chi connectivity index (χ4n) is 3.24. The van der Waals surface area contributed by atoms with Gasteiger partial charge in [0, 0.05) is 19.5 Å². The lowest BCUT2D eigenvalue weighted by Gasteiger charge is -2.33. The van der Waals surface area contributed by atoms with Gasteiger partial charge in [-0.25, -0.2) is 9.18 Å². The number of thioether (sulfide) groups is 1. The summed E-state index contributed by atoms with van der Waals surface area (Å²) in [6, 6.07) is 4.94. The van der Waals surface area contributed by atoms with Crippen molar-refractivity contribution in [3.05, 3.63) is 40.6 Å². The smallest absolute Gasteiger partial charge is 0.326 e. The second kappa shape index (κ2) is 8.83. The SMILES string of the molecule is O=C(O)[C@H]1CCCCN1C(=O)CCN1C(=O)/C(=C\c2ccc(F)cc2)SC1=S. The number of carbonyl (C=O) groups excluding carboxylic acids is 2. The van der Waals surface area contributed by atoms with Crippen molar-refractivity contribution in [2.24, 2.45) is 0 Å². The Morgan fingerprint density at radius 1 is 1.29 bits per heavy atom. The topological polar surface area (TPSA) is 77.9 Å². The minimum Gasteiger partial charge on any atom is -0.480 e. The van der Waals surface area contributed by atoms with Crippen molar-refractivity contribution in [3.63, 3.8) is 0 Å². The normalized spacial score (nSPS) is 21.5. The van der Waals surface area contributed by atoms with E-state index in [1.807, 2.05) is 0 Å². The number of halogens is 1. The van der Waals surface area contributed by atoms with Crippen LogP contribution in [0.15, 0.2) is 29.2 Å². The Balaban J connectivity index is 1.63. The molecule has 2 saturated heterocycles. The van der Waals surface area contributed by atoms with Gasteiger partial charge in [-0.3, -0.25) is 14.5 Å². The molecule has 1 aromatic carbocycles. The number of benzene rings is 1. The summed E-state index contributed by atoms with van der Waals surface area (Å²) in [6.45, 7) is 0.520. The molecule has 28 heavy (non-hydrogen) atoms. The number of hydrogen-bond acceptors (Lipinski definition) is 5. The molecule has 1 atom stereocenters. The first-order valence-electron chi connectivity index (χ1n) is 8.90. The van der Waals surface area contributed by atoms with Gasteiger partial charge in [-0.2, -0.15) is 0 Å². The fourth-order valence-corrected chi connectivity index (χ4v) is 4.55. The Morgan fingerprint density at radius 3 is 2.68 bits per heavy atom. The highest BCUT2D eigenvalue weighted by Gasteiger charge is 2.35. The molecule has 9 heteroatoms. The van der Waals surface area contributed by atoms with Crippen LogP contribution in [0.1, 0.15) is 31.2 Å². The van der Waals surface area contributed by atoms with Gasteiger partial charge in [-0.05, 0) is 43.0 Å². The maximum absolute atomic E-state index is 13.0. The molecule has 0 radical (unpaired) electrons. The summed E-state index contributed by atoms with van der Waals surface area (Å²) < 4.78 is 13.4. The van der Waals surface area contributed by atoms with E-state index in [1.54, 1.807) is 18.2 Å². The van der Waals surface area contributed by atoms with E-state index >= 15 is 0 Å². The third-order valence-corrected chi connectivity index (χ3v) is 6.08. The van der Waals surface area contributed by atoms with Crippen molar-refractivity contribution in [2.45, 2.75) is 31.7 Å². The zero-order valence-corrected chi connectivity index (χ0v) is 16.6. The Hall–Kier alpha value is -2.26. The first kappa shape index (κ1) is 20.5. The molecule has 0 unspecified atom stereocenters. The molecule has 3 rings (SSSR count). The summed E-state index contributed by atoms with van der Waals surface area (Å²) in [6.07, 6.45) is 3.65. The molecule has 148 valence electrons. The van der Waals surface area contributed by atoms with Crippen LogP contribution in [-0.2, 0) is 14.4 Å². The van der Waals surface area contributed by atoms with Crippen molar-refractivity contribution >= 4 is 52.2 Å². The van der Waals surface area contributed by atoms with E-state index in [4.69, 9.17) is 12.2 Å². The van der Waals surface area contributed by atoms with E-state index in [9.17, 15) is 23.9 Å². The van der Waals surface area contributed by atoms with Crippen molar-refractivity contribution < 1.29 is 23.9 Å². The lowest BCUT2D eigenvalue weighted by Crippen LogP contribution is -2.48. The highest BCUT2D eigenvalue weighted by atomic mass is 32.2. The maximum atomic E-state index is 13.0. The highest BCUT2D eigenvalue weighted by Crippen LogP contribution is 2.32. The zero-order chi connectivity index (χ0) is 20.3. The number of nitrogens with zero attached hydrogens (tertiary/aromatic N) is 2. The molecule has 0 spiro atoms. The predicted molar refractivity (Wildman–Crippen MR) is 108 cm³/mol. The van der Waals surface area contributed by atoms with E-state index in [1.165, 1.54) is 21.9 Å². The number of rotatable bonds is 5. The molecule has 2 fully saturated rings. The van der Waals surface area contributed by atoms with Crippen LogP contribution in [0.25, 0.3) is 6.08 Å². The summed E-state index contributed by atoms with van der Waals surface area (Å²) in [5.41, 5.74) is 0.676. The zero-order valence-electron chi connectivity index (χ0n) is 15.0. The molecule has 0 bridgehead atoms. The predicted octanol–water partition coefficient (Wildman–Crippen LogP) is 2.88. The molecule has 0 aromatic heterocycles. The summed E-state index contributed by atoms with van der Waals surface area (Å²) in [5, 5.41) is 9.30. The third-order valence-electron chi connectivity index (χ3n) is 4.70. The van der Waals surface area contributed by atoms with Crippen LogP contribution in [0.5, 0.6) is 0 Å². The van der Waals surface area contributed by atoms with Crippen LogP contribution < -0.4 is 0 Å². The van der Waals surface area contributed by atoms with Crippen molar-refractivity contribution in [1.82, 2.24) is 9.80 Å². The van der Waals surface area contributed by atoms with Crippen LogP contribution >= 0.6 is 24.0 Å². The van der Waals surface area contributed by atoms with E-state index < -0.39 is 12.0 Å². The van der Waals surface area contributed by atoms with Crippen LogP contribution in [-0.4, -0.2) is 56.1 Å². The lowest BCUT2D eigenvalue weighted by atomic mass is 10.0. The molecule has 0 aliphatic carbocycles. The molecular weight excluding hydrogens is 403 g/mol. The molecular formula is C19H19FN2O4S2. The molecule has 0 saturated carbocycles. The quantitative estimate of drug-likeness (QED) is 0.581. The van der Waals surface area contributed by atoms with Crippen LogP contribution in [0.4, 0.5) is 4.39 Å². The fraction of sp³-hybridized carbons (Fsp3) is 0.368. The van der Waals surface area contributed by atoms with Crippen molar-refractivity contribution in [2.75, 3.05) is 13.1 Å². The maximum Gasteiger partial charge on any atom is 0.326 e. The Kier molecular flexibility index (Phi) is 6.46.